The van der Waals surface area contributed by atoms with Gasteiger partial charge in [0.15, 0.2) is 5.13 Å². The van der Waals surface area contributed by atoms with Gasteiger partial charge in [-0.25, -0.2) is 9.37 Å². The highest BCUT2D eigenvalue weighted by Gasteiger charge is 2.27. The van der Waals surface area contributed by atoms with Gasteiger partial charge in [0.25, 0.3) is 5.91 Å². The van der Waals surface area contributed by atoms with Crippen molar-refractivity contribution in [2.75, 3.05) is 18.1 Å². The van der Waals surface area contributed by atoms with E-state index in [0.29, 0.717) is 34.6 Å². The predicted octanol–water partition coefficient (Wildman–Crippen LogP) is 5.76. The van der Waals surface area contributed by atoms with Crippen LogP contribution in [0.2, 0.25) is 0 Å². The van der Waals surface area contributed by atoms with E-state index in [1.165, 1.54) is 17.4 Å². The summed E-state index contributed by atoms with van der Waals surface area (Å²) in [6, 6.07) is 12.5. The average Bonchev–Trinajstić information content (AvgIpc) is 3.36. The molecule has 2 aromatic carbocycles. The minimum absolute atomic E-state index is 0.0217. The monoisotopic (exact) mass is 430 g/mol. The van der Waals surface area contributed by atoms with Crippen molar-refractivity contribution in [3.8, 4) is 0 Å². The van der Waals surface area contributed by atoms with Gasteiger partial charge in [0, 0.05) is 22.3 Å². The molecule has 3 aromatic rings. The highest BCUT2D eigenvalue weighted by atomic mass is 32.2. The van der Waals surface area contributed by atoms with Crippen molar-refractivity contribution in [3.05, 3.63) is 53.8 Å². The predicted molar refractivity (Wildman–Crippen MR) is 118 cm³/mol. The Hall–Kier alpha value is -1.96. The van der Waals surface area contributed by atoms with Crippen molar-refractivity contribution in [2.24, 2.45) is 0 Å². The van der Waals surface area contributed by atoms with Crippen LogP contribution in [-0.4, -0.2) is 35.4 Å². The summed E-state index contributed by atoms with van der Waals surface area (Å²) in [5.74, 6) is -0.509. The molecule has 1 aliphatic heterocycles. The average molecular weight is 431 g/mol. The van der Waals surface area contributed by atoms with Crippen LogP contribution in [0.25, 0.3) is 10.2 Å². The van der Waals surface area contributed by atoms with Crippen molar-refractivity contribution >= 4 is 44.4 Å². The largest absolute Gasteiger partial charge is 0.376 e. The number of thiazole rings is 1. The fourth-order valence-corrected chi connectivity index (χ4v) is 5.19. The third kappa shape index (κ3) is 4.63. The summed E-state index contributed by atoms with van der Waals surface area (Å²) in [6.45, 7) is 5.41. The molecule has 1 saturated heterocycles. The molecule has 1 fully saturated rings. The van der Waals surface area contributed by atoms with E-state index >= 15 is 0 Å². The second-order valence-corrected chi connectivity index (χ2v) is 9.98. The number of fused-ring (bicyclic) bond motifs is 1. The summed E-state index contributed by atoms with van der Waals surface area (Å²) in [4.78, 5) is 20.6. The summed E-state index contributed by atoms with van der Waals surface area (Å²) in [5.41, 5.74) is 0.900. The van der Waals surface area contributed by atoms with Crippen LogP contribution in [-0.2, 0) is 4.74 Å². The number of carbonyl (C=O) groups excluding carboxylic acids is 1. The molecule has 1 atom stereocenters. The third-order valence-electron chi connectivity index (χ3n) is 4.72. The van der Waals surface area contributed by atoms with Crippen LogP contribution in [0.3, 0.4) is 0 Å². The molecule has 0 bridgehead atoms. The lowest BCUT2D eigenvalue weighted by molar-refractivity contribution is 0.0917. The maximum absolute atomic E-state index is 14.2. The number of para-hydroxylation sites is 1. The SMILES string of the molecule is CC(C)Sc1ccc(C(=O)N(CC2CCCO2)c2nc3c(F)cccc3s2)cc1. The smallest absolute Gasteiger partial charge is 0.260 e. The first kappa shape index (κ1) is 20.3. The second kappa shape index (κ2) is 8.81. The molecular formula is C22H23FN2O2S2. The molecule has 29 heavy (non-hydrogen) atoms. The zero-order chi connectivity index (χ0) is 20.4. The fourth-order valence-electron chi connectivity index (χ4n) is 3.36. The summed E-state index contributed by atoms with van der Waals surface area (Å²) < 4.78 is 20.6. The van der Waals surface area contributed by atoms with E-state index in [-0.39, 0.29) is 17.8 Å². The van der Waals surface area contributed by atoms with Gasteiger partial charge in [0.2, 0.25) is 0 Å². The minimum Gasteiger partial charge on any atom is -0.376 e. The molecule has 0 saturated carbocycles. The first-order valence-electron chi connectivity index (χ1n) is 9.76. The highest BCUT2D eigenvalue weighted by Crippen LogP contribution is 2.32. The van der Waals surface area contributed by atoms with Gasteiger partial charge >= 0.3 is 0 Å². The number of aromatic nitrogens is 1. The Morgan fingerprint density at radius 1 is 1.31 bits per heavy atom. The van der Waals surface area contributed by atoms with Crippen LogP contribution in [0.5, 0.6) is 0 Å². The van der Waals surface area contributed by atoms with Crippen LogP contribution in [0, 0.1) is 5.82 Å². The summed E-state index contributed by atoms with van der Waals surface area (Å²) >= 11 is 3.09. The number of rotatable bonds is 6. The summed E-state index contributed by atoms with van der Waals surface area (Å²) in [7, 11) is 0. The number of benzene rings is 2. The maximum atomic E-state index is 14.2. The normalized spacial score (nSPS) is 16.6. The summed E-state index contributed by atoms with van der Waals surface area (Å²) in [5, 5.41) is 0.983. The van der Waals surface area contributed by atoms with E-state index in [1.807, 2.05) is 30.3 Å². The van der Waals surface area contributed by atoms with Crippen LogP contribution < -0.4 is 4.90 Å². The van der Waals surface area contributed by atoms with Crippen molar-refractivity contribution in [3.63, 3.8) is 0 Å². The van der Waals surface area contributed by atoms with E-state index in [0.717, 1.165) is 22.4 Å². The summed E-state index contributed by atoms with van der Waals surface area (Å²) in [6.07, 6.45) is 1.88. The zero-order valence-electron chi connectivity index (χ0n) is 16.4. The Morgan fingerprint density at radius 2 is 2.10 bits per heavy atom. The van der Waals surface area contributed by atoms with E-state index in [2.05, 4.69) is 18.8 Å². The maximum Gasteiger partial charge on any atom is 0.260 e. The number of anilines is 1. The lowest BCUT2D eigenvalue weighted by Gasteiger charge is -2.23. The van der Waals surface area contributed by atoms with Gasteiger partial charge in [0.1, 0.15) is 11.3 Å². The minimum atomic E-state index is -0.371. The number of hydrogen-bond acceptors (Lipinski definition) is 5. The van der Waals surface area contributed by atoms with Crippen LogP contribution in [0.15, 0.2) is 47.4 Å². The molecule has 1 unspecified atom stereocenters. The van der Waals surface area contributed by atoms with Gasteiger partial charge in [-0.05, 0) is 49.2 Å². The fraction of sp³-hybridized carbons (Fsp3) is 0.364. The highest BCUT2D eigenvalue weighted by molar-refractivity contribution is 7.99. The van der Waals surface area contributed by atoms with Crippen molar-refractivity contribution < 1.29 is 13.9 Å². The molecule has 1 aliphatic rings. The second-order valence-electron chi connectivity index (χ2n) is 7.32. The van der Waals surface area contributed by atoms with Gasteiger partial charge in [-0.15, -0.1) is 11.8 Å². The molecular weight excluding hydrogens is 407 g/mol. The molecule has 4 nitrogen and oxygen atoms in total. The van der Waals surface area contributed by atoms with Gasteiger partial charge in [-0.1, -0.05) is 31.3 Å². The van der Waals surface area contributed by atoms with E-state index < -0.39 is 0 Å². The Kier molecular flexibility index (Phi) is 6.18. The number of ether oxygens (including phenoxy) is 1. The van der Waals surface area contributed by atoms with Crippen LogP contribution >= 0.6 is 23.1 Å². The molecule has 4 rings (SSSR count). The van der Waals surface area contributed by atoms with E-state index in [1.54, 1.807) is 22.7 Å². The van der Waals surface area contributed by atoms with Crippen molar-refractivity contribution in [2.45, 2.75) is 42.9 Å². The zero-order valence-corrected chi connectivity index (χ0v) is 18.1. The Labute approximate surface area is 178 Å². The number of thioether (sulfide) groups is 1. The molecule has 0 radical (unpaired) electrons. The third-order valence-corrected chi connectivity index (χ3v) is 6.78. The number of hydrogen-bond donors (Lipinski definition) is 0. The number of nitrogens with zero attached hydrogens (tertiary/aromatic N) is 2. The van der Waals surface area contributed by atoms with Crippen molar-refractivity contribution in [1.82, 2.24) is 4.98 Å². The lowest BCUT2D eigenvalue weighted by Crippen LogP contribution is -2.37. The number of carbonyl (C=O) groups is 1. The molecule has 0 spiro atoms. The molecule has 0 aliphatic carbocycles. The number of amides is 1. The molecule has 0 N–H and O–H groups in total. The molecule has 2 heterocycles. The Bertz CT molecular complexity index is 998. The first-order valence-corrected chi connectivity index (χ1v) is 11.5. The van der Waals surface area contributed by atoms with E-state index in [9.17, 15) is 9.18 Å². The molecule has 152 valence electrons. The molecule has 1 aromatic heterocycles. The topological polar surface area (TPSA) is 42.4 Å². The molecule has 7 heteroatoms. The lowest BCUT2D eigenvalue weighted by atomic mass is 10.2. The van der Waals surface area contributed by atoms with Gasteiger partial charge in [0.05, 0.1) is 17.3 Å². The van der Waals surface area contributed by atoms with Gasteiger partial charge in [-0.3, -0.25) is 9.69 Å². The molecule has 1 amide bonds. The van der Waals surface area contributed by atoms with E-state index in [4.69, 9.17) is 4.74 Å². The standard InChI is InChI=1S/C22H23FN2O2S2/c1-14(2)28-17-10-8-15(9-11-17)21(26)25(13-16-5-4-12-27-16)22-24-20-18(23)6-3-7-19(20)29-22/h3,6-11,14,16H,4-5,12-13H2,1-2H3. The quantitative estimate of drug-likeness (QED) is 0.466. The van der Waals surface area contributed by atoms with Crippen LogP contribution in [0.4, 0.5) is 9.52 Å². The van der Waals surface area contributed by atoms with Crippen molar-refractivity contribution in [1.29, 1.82) is 0 Å². The van der Waals surface area contributed by atoms with Gasteiger partial charge < -0.3 is 4.74 Å². The number of halogens is 1. The van der Waals surface area contributed by atoms with Crippen LogP contribution in [0.1, 0.15) is 37.0 Å². The Morgan fingerprint density at radius 3 is 2.76 bits per heavy atom. The van der Waals surface area contributed by atoms with Gasteiger partial charge in [-0.2, -0.15) is 0 Å². The first-order chi connectivity index (χ1) is 14.0. The Balaban J connectivity index is 1.65.